The second-order valence-corrected chi connectivity index (χ2v) is 4.54. The van der Waals surface area contributed by atoms with Gasteiger partial charge in [0.25, 0.3) is 0 Å². The quantitative estimate of drug-likeness (QED) is 0.538. The molecule has 0 saturated carbocycles. The van der Waals surface area contributed by atoms with Gasteiger partial charge < -0.3 is 29.5 Å². The zero-order valence-electron chi connectivity index (χ0n) is 9.93. The van der Waals surface area contributed by atoms with Crippen molar-refractivity contribution in [1.29, 1.82) is 0 Å². The van der Waals surface area contributed by atoms with Crippen LogP contribution in [-0.2, 0) is 0 Å². The Morgan fingerprint density at radius 1 is 1.47 bits per heavy atom. The predicted molar refractivity (Wildman–Crippen MR) is 62.1 cm³/mol. The van der Waals surface area contributed by atoms with Crippen LogP contribution in [0.3, 0.4) is 0 Å². The topological polar surface area (TPSA) is 25.8 Å². The molecular weight excluding hydrogens is 247 g/mol. The molecule has 0 N–H and O–H groups in total. The molecule has 2 nitrogen and oxygen atoms in total. The maximum atomic E-state index is 4.10. The number of hydrogen-bond donors (Lipinski definition) is 0. The van der Waals surface area contributed by atoms with Crippen molar-refractivity contribution in [1.82, 2.24) is 9.97 Å². The first-order valence-electron chi connectivity index (χ1n) is 3.98. The van der Waals surface area contributed by atoms with Gasteiger partial charge in [-0.3, -0.25) is 0 Å². The van der Waals surface area contributed by atoms with Gasteiger partial charge in [0.15, 0.2) is 0 Å². The average molecular weight is 261 g/mol. The Labute approximate surface area is 113 Å². The fourth-order valence-corrected chi connectivity index (χ4v) is 0.837. The van der Waals surface area contributed by atoms with Gasteiger partial charge in [-0.25, -0.2) is 0 Å². The molecule has 0 aliphatic heterocycles. The Morgan fingerprint density at radius 3 is 2.47 bits per heavy atom. The van der Waals surface area contributed by atoms with Gasteiger partial charge in [0.2, 0.25) is 0 Å². The Kier molecular flexibility index (Phi) is 8.32. The van der Waals surface area contributed by atoms with Crippen molar-refractivity contribution in [2.45, 2.75) is 20.8 Å². The van der Waals surface area contributed by atoms with Crippen LogP contribution in [0.25, 0.3) is 6.08 Å². The third kappa shape index (κ3) is 7.78. The second-order valence-electron chi connectivity index (χ2n) is 3.73. The van der Waals surface area contributed by atoms with E-state index in [1.807, 2.05) is 0 Å². The summed E-state index contributed by atoms with van der Waals surface area (Å²) in [5, 5.41) is 0. The summed E-state index contributed by atoms with van der Waals surface area (Å²) in [4.78, 5) is 8.04. The van der Waals surface area contributed by atoms with E-state index in [9.17, 15) is 0 Å². The number of rotatable bonds is 1. The van der Waals surface area contributed by atoms with Crippen molar-refractivity contribution in [3.63, 3.8) is 0 Å². The van der Waals surface area contributed by atoms with E-state index in [0.29, 0.717) is 10.3 Å². The molecule has 0 spiro atoms. The summed E-state index contributed by atoms with van der Waals surface area (Å²) < 4.78 is 0.695. The summed E-state index contributed by atoms with van der Waals surface area (Å²) in [7, 11) is 0. The van der Waals surface area contributed by atoms with Crippen LogP contribution in [-0.4, -0.2) is 9.97 Å². The van der Waals surface area contributed by atoms with E-state index in [1.54, 1.807) is 12.3 Å². The van der Waals surface area contributed by atoms with E-state index in [2.05, 4.69) is 58.9 Å². The molecule has 1 aromatic heterocycles. The zero-order chi connectivity index (χ0) is 9.90. The first kappa shape index (κ1) is 17.3. The Bertz CT molecular complexity index is 301. The average Bonchev–Trinajstić information content (AvgIpc) is 2.02. The van der Waals surface area contributed by atoms with Crippen molar-refractivity contribution >= 4 is 22.0 Å². The molecule has 1 aromatic rings. The number of halogens is 1. The third-order valence-corrected chi connectivity index (χ3v) is 1.61. The molecule has 4 heteroatoms. The van der Waals surface area contributed by atoms with Crippen LogP contribution in [0.2, 0.25) is 0 Å². The van der Waals surface area contributed by atoms with Gasteiger partial charge in [-0.2, -0.15) is 11.9 Å². The number of allylic oxidation sites excluding steroid dienone is 1. The molecule has 78 valence electrons. The Morgan fingerprint density at radius 2 is 2.07 bits per heavy atom. The molecule has 1 heterocycles. The molecule has 0 bridgehead atoms. The van der Waals surface area contributed by atoms with Crippen molar-refractivity contribution in [2.24, 2.45) is 5.41 Å². The molecule has 0 fully saturated rings. The van der Waals surface area contributed by atoms with Gasteiger partial charge in [-0.1, -0.05) is 20.8 Å². The third-order valence-electron chi connectivity index (χ3n) is 1.23. The van der Waals surface area contributed by atoms with Crippen LogP contribution in [0.4, 0.5) is 0 Å². The van der Waals surface area contributed by atoms with Crippen molar-refractivity contribution in [2.75, 3.05) is 0 Å². The van der Waals surface area contributed by atoms with E-state index >= 15 is 0 Å². The Hall–Kier alpha value is -0.103. The first-order chi connectivity index (χ1) is 5.97. The molecule has 0 amide bonds. The van der Waals surface area contributed by atoms with Gasteiger partial charge >= 0.3 is 18.9 Å². The summed E-state index contributed by atoms with van der Waals surface area (Å²) in [5.74, 6) is 0. The maximum absolute atomic E-state index is 4.10. The number of hydrogen-bond acceptors (Lipinski definition) is 2. The molecule has 0 aliphatic rings. The minimum Gasteiger partial charge on any atom is -0.396 e. The van der Waals surface area contributed by atoms with Crippen LogP contribution in [0.15, 0.2) is 10.8 Å². The minimum absolute atomic E-state index is 0. The summed E-state index contributed by atoms with van der Waals surface area (Å²) >= 11 is 3.20. The van der Waals surface area contributed by atoms with E-state index in [0.717, 1.165) is 0 Å². The largest absolute Gasteiger partial charge is 1.00 e. The van der Waals surface area contributed by atoms with Crippen LogP contribution in [0, 0.1) is 25.1 Å². The zero-order valence-corrected chi connectivity index (χ0v) is 11.5. The van der Waals surface area contributed by atoms with Crippen LogP contribution >= 0.6 is 15.9 Å². The van der Waals surface area contributed by atoms with Crippen molar-refractivity contribution in [3.8, 4) is 0 Å². The smallest absolute Gasteiger partial charge is 0.396 e. The van der Waals surface area contributed by atoms with E-state index in [1.165, 1.54) is 0 Å². The predicted octanol–water partition coefficient (Wildman–Crippen LogP) is 0.356. The molecule has 0 aromatic carbocycles. The van der Waals surface area contributed by atoms with Gasteiger partial charge in [0.05, 0.1) is 0 Å². The summed E-state index contributed by atoms with van der Waals surface area (Å²) in [6.45, 7) is 6.24. The molecule has 1 rings (SSSR count). The molecule has 15 heavy (non-hydrogen) atoms. The van der Waals surface area contributed by atoms with Crippen molar-refractivity contribution in [3.05, 3.63) is 36.2 Å². The molecule has 0 radical (unpaired) electrons. The maximum Gasteiger partial charge on any atom is 1.00 e. The fourth-order valence-electron chi connectivity index (χ4n) is 0.646. The summed E-state index contributed by atoms with van der Waals surface area (Å²) in [5.41, 5.74) is 0.751. The Balaban J connectivity index is 0. The second kappa shape index (κ2) is 7.22. The van der Waals surface area contributed by atoms with Gasteiger partial charge in [0.1, 0.15) is 0 Å². The molecule has 0 saturated heterocycles. The summed E-state index contributed by atoms with van der Waals surface area (Å²) in [6, 6.07) is 0. The minimum atomic E-state index is 0. The van der Waals surface area contributed by atoms with Gasteiger partial charge in [0, 0.05) is 4.60 Å². The van der Waals surface area contributed by atoms with E-state index in [4.69, 9.17) is 0 Å². The van der Waals surface area contributed by atoms with Crippen LogP contribution < -0.4 is 18.9 Å². The van der Waals surface area contributed by atoms with Gasteiger partial charge in [-0.05, 0) is 6.20 Å². The summed E-state index contributed by atoms with van der Waals surface area (Å²) in [6.07, 6.45) is 9.42. The fraction of sp³-hybridized carbons (Fsp3) is 0.364. The van der Waals surface area contributed by atoms with Crippen LogP contribution in [0.5, 0.6) is 0 Å². The standard InChI is InChI=1S/C10H11BrN2.CH3.Li/c1-10(2,3)5-4-8-6-13-9(11)7-12-8;;/h4,7H,1-3H3;1H3;/q-2;-1;+1. The van der Waals surface area contributed by atoms with E-state index in [-0.39, 0.29) is 31.7 Å². The molecule has 0 unspecified atom stereocenters. The normalized spacial score (nSPS) is 10.7. The number of aromatic nitrogens is 2. The van der Waals surface area contributed by atoms with Gasteiger partial charge in [-0.15, -0.1) is 21.3 Å². The first-order valence-corrected chi connectivity index (χ1v) is 4.78. The van der Waals surface area contributed by atoms with Crippen molar-refractivity contribution < 1.29 is 18.9 Å². The van der Waals surface area contributed by atoms with E-state index < -0.39 is 0 Å². The molecule has 0 aliphatic carbocycles. The molecular formula is C11H14BrLiN2-2. The SMILES string of the molecule is CC(C)(C)[C-]=Cc1[c-]nc(Br)cn1.[CH3-].[Li+]. The molecule has 0 atom stereocenters. The van der Waals surface area contributed by atoms with Crippen LogP contribution in [0.1, 0.15) is 26.5 Å². The number of nitrogens with zero attached hydrogens (tertiary/aromatic N) is 2. The monoisotopic (exact) mass is 260 g/mol.